The predicted octanol–water partition coefficient (Wildman–Crippen LogP) is 2.00. The van der Waals surface area contributed by atoms with Crippen molar-refractivity contribution in [1.29, 1.82) is 0 Å². The molecule has 10 heteroatoms. The molecular weight excluding hydrogens is 356 g/mol. The zero-order valence-corrected chi connectivity index (χ0v) is 14.3. The summed E-state index contributed by atoms with van der Waals surface area (Å²) in [6, 6.07) is 12.3. The molecule has 0 amide bonds. The molecule has 0 aliphatic rings. The van der Waals surface area contributed by atoms with Gasteiger partial charge >= 0.3 is 0 Å². The maximum atomic E-state index is 11.6. The highest BCUT2D eigenvalue weighted by molar-refractivity contribution is 7.89. The fourth-order valence-electron chi connectivity index (χ4n) is 2.15. The van der Waals surface area contributed by atoms with Gasteiger partial charge in [0.05, 0.1) is 0 Å². The van der Waals surface area contributed by atoms with Gasteiger partial charge in [-0.3, -0.25) is 9.11 Å². The molecule has 0 aliphatic carbocycles. The van der Waals surface area contributed by atoms with Crippen molar-refractivity contribution in [2.24, 2.45) is 0 Å². The van der Waals surface area contributed by atoms with Gasteiger partial charge in [0.1, 0.15) is 15.5 Å². The lowest BCUT2D eigenvalue weighted by molar-refractivity contribution is 0.466. The van der Waals surface area contributed by atoms with E-state index in [1.54, 1.807) is 42.3 Å². The van der Waals surface area contributed by atoms with Crippen LogP contribution < -0.4 is 10.4 Å². The van der Waals surface area contributed by atoms with Gasteiger partial charge in [0, 0.05) is 12.1 Å². The minimum Gasteiger partial charge on any atom is -0.282 e. The minimum atomic E-state index is -4.91. The van der Waals surface area contributed by atoms with E-state index in [-0.39, 0.29) is 5.69 Å². The van der Waals surface area contributed by atoms with Crippen LogP contribution in [0.15, 0.2) is 58.3 Å². The van der Waals surface area contributed by atoms with Crippen LogP contribution in [-0.2, 0) is 20.2 Å². The lowest BCUT2D eigenvalue weighted by Crippen LogP contribution is -2.31. The lowest BCUT2D eigenvalue weighted by atomic mass is 10.3. The number of nitrogens with one attached hydrogen (secondary N) is 1. The van der Waals surface area contributed by atoms with Gasteiger partial charge in [-0.25, -0.2) is 0 Å². The van der Waals surface area contributed by atoms with Crippen LogP contribution in [0.2, 0.25) is 0 Å². The molecule has 2 aromatic rings. The molecule has 0 atom stereocenters. The number of hydrazine groups is 1. The molecule has 0 unspecified atom stereocenters. The maximum Gasteiger partial charge on any atom is 0.298 e. The second-order valence-electron chi connectivity index (χ2n) is 4.77. The quantitative estimate of drug-likeness (QED) is 0.402. The van der Waals surface area contributed by atoms with E-state index in [1.165, 1.54) is 12.1 Å². The fraction of sp³-hybridized carbons (Fsp3) is 0.143. The van der Waals surface area contributed by atoms with E-state index in [4.69, 9.17) is 0 Å². The monoisotopic (exact) mass is 372 g/mol. The van der Waals surface area contributed by atoms with Gasteiger partial charge in [-0.2, -0.15) is 22.3 Å². The van der Waals surface area contributed by atoms with E-state index >= 15 is 0 Å². The van der Waals surface area contributed by atoms with Crippen LogP contribution in [-0.4, -0.2) is 32.5 Å². The van der Waals surface area contributed by atoms with Crippen molar-refractivity contribution in [3.8, 4) is 0 Å². The largest absolute Gasteiger partial charge is 0.298 e. The molecule has 24 heavy (non-hydrogen) atoms. The normalized spacial score (nSPS) is 12.3. The topological polar surface area (TPSA) is 127 Å². The molecule has 3 N–H and O–H groups in total. The lowest BCUT2D eigenvalue weighted by Gasteiger charge is -2.14. The van der Waals surface area contributed by atoms with Crippen molar-refractivity contribution in [2.75, 3.05) is 12.0 Å². The Hall–Kier alpha value is -1.98. The minimum absolute atomic E-state index is 0.182. The zero-order valence-electron chi connectivity index (χ0n) is 12.6. The summed E-state index contributed by atoms with van der Waals surface area (Å²) in [7, 11) is -9.76. The number of para-hydroxylation sites is 1. The highest BCUT2D eigenvalue weighted by Gasteiger charge is 2.30. The molecule has 1 radical (unpaired) electrons. The SMILES string of the molecule is CC[N+](Nc1cccc(S(=O)(=O)O)c1S(=O)(=O)O)c1ccccc1. The third kappa shape index (κ3) is 4.10. The number of nitrogens with zero attached hydrogens (tertiary/aromatic N) is 1. The van der Waals surface area contributed by atoms with Gasteiger partial charge in [0.2, 0.25) is 5.69 Å². The predicted molar refractivity (Wildman–Crippen MR) is 88.5 cm³/mol. The van der Waals surface area contributed by atoms with Crippen molar-refractivity contribution in [3.63, 3.8) is 0 Å². The van der Waals surface area contributed by atoms with Crippen molar-refractivity contribution in [2.45, 2.75) is 16.7 Å². The summed E-state index contributed by atoms with van der Waals surface area (Å²) >= 11 is 0. The van der Waals surface area contributed by atoms with E-state index in [0.29, 0.717) is 12.2 Å². The summed E-state index contributed by atoms with van der Waals surface area (Å²) in [5, 5.41) is 1.55. The van der Waals surface area contributed by atoms with Crippen LogP contribution in [0.4, 0.5) is 11.4 Å². The fourth-order valence-corrected chi connectivity index (χ4v) is 4.09. The van der Waals surface area contributed by atoms with Crippen LogP contribution in [0.3, 0.4) is 0 Å². The van der Waals surface area contributed by atoms with E-state index in [2.05, 4.69) is 5.43 Å². The third-order valence-corrected chi connectivity index (χ3v) is 5.14. The molecule has 0 aromatic heterocycles. The Labute approximate surface area is 140 Å². The molecule has 129 valence electrons. The molecular formula is C14H16N2O6S2+. The molecule has 0 aliphatic heterocycles. The highest BCUT2D eigenvalue weighted by Crippen LogP contribution is 2.29. The molecule has 8 nitrogen and oxygen atoms in total. The van der Waals surface area contributed by atoms with Gasteiger partial charge in [-0.1, -0.05) is 24.3 Å². The van der Waals surface area contributed by atoms with Gasteiger partial charge in [0.25, 0.3) is 20.2 Å². The van der Waals surface area contributed by atoms with Crippen molar-refractivity contribution in [3.05, 3.63) is 48.5 Å². The number of hydrogen-bond acceptors (Lipinski definition) is 6. The number of hydrogen-bond donors (Lipinski definition) is 3. The Morgan fingerprint density at radius 3 is 2.04 bits per heavy atom. The summed E-state index contributed by atoms with van der Waals surface area (Å²) in [5.74, 6) is 0. The van der Waals surface area contributed by atoms with Gasteiger partial charge < -0.3 is 0 Å². The molecule has 2 rings (SSSR count). The molecule has 0 bridgehead atoms. The molecule has 0 heterocycles. The summed E-state index contributed by atoms with van der Waals surface area (Å²) in [4.78, 5) is -1.82. The smallest absolute Gasteiger partial charge is 0.282 e. The van der Waals surface area contributed by atoms with E-state index in [0.717, 1.165) is 6.07 Å². The second-order valence-corrected chi connectivity index (χ2v) is 7.52. The van der Waals surface area contributed by atoms with Gasteiger partial charge in [0.15, 0.2) is 6.54 Å². The van der Waals surface area contributed by atoms with Crippen LogP contribution in [0, 0.1) is 0 Å². The average Bonchev–Trinajstić information content (AvgIpc) is 2.51. The Morgan fingerprint density at radius 1 is 0.917 bits per heavy atom. The van der Waals surface area contributed by atoms with Crippen LogP contribution in [0.1, 0.15) is 6.92 Å². The van der Waals surface area contributed by atoms with Gasteiger partial charge in [-0.05, 0) is 24.1 Å². The Morgan fingerprint density at radius 2 is 1.54 bits per heavy atom. The standard InChI is InChI=1S/C14H16N2O6S2/c1-2-16(11-7-4-3-5-8-11)15-12-9-6-10-13(23(17,18)19)14(12)24(20,21)22/h3-10,15H,2H2,1H3,(H,17,18,19)(H,20,21,22)/q+1. The van der Waals surface area contributed by atoms with Crippen LogP contribution in [0.25, 0.3) is 0 Å². The summed E-state index contributed by atoms with van der Waals surface area (Å²) in [6.07, 6.45) is 0. The molecule has 0 fully saturated rings. The molecule has 0 saturated carbocycles. The average molecular weight is 372 g/mol. The summed E-state index contributed by atoms with van der Waals surface area (Å²) in [6.45, 7) is 2.20. The Kier molecular flexibility index (Phi) is 5.26. The first-order chi connectivity index (χ1) is 11.1. The highest BCUT2D eigenvalue weighted by atomic mass is 32.2. The number of benzene rings is 2. The first-order valence-corrected chi connectivity index (χ1v) is 9.70. The maximum absolute atomic E-state index is 11.6. The zero-order chi connectivity index (χ0) is 18.0. The van der Waals surface area contributed by atoms with Gasteiger partial charge in [-0.15, -0.1) is 0 Å². The Balaban J connectivity index is 2.59. The van der Waals surface area contributed by atoms with Crippen molar-refractivity contribution in [1.82, 2.24) is 5.01 Å². The van der Waals surface area contributed by atoms with Crippen molar-refractivity contribution >= 4 is 31.6 Å². The summed E-state index contributed by atoms with van der Waals surface area (Å²) < 4.78 is 64.8. The first kappa shape index (κ1) is 18.4. The Bertz CT molecular complexity index is 927. The number of rotatable bonds is 6. The third-order valence-electron chi connectivity index (χ3n) is 3.15. The molecule has 2 aromatic carbocycles. The van der Waals surface area contributed by atoms with Crippen LogP contribution >= 0.6 is 0 Å². The number of anilines is 2. The summed E-state index contributed by atoms with van der Waals surface area (Å²) in [5.41, 5.74) is 3.26. The first-order valence-electron chi connectivity index (χ1n) is 6.82. The van der Waals surface area contributed by atoms with E-state index in [9.17, 15) is 25.9 Å². The van der Waals surface area contributed by atoms with Crippen molar-refractivity contribution < 1.29 is 25.9 Å². The van der Waals surface area contributed by atoms with E-state index < -0.39 is 30.0 Å². The second kappa shape index (κ2) is 6.87. The van der Waals surface area contributed by atoms with E-state index in [1.807, 2.05) is 0 Å². The molecule has 0 spiro atoms. The van der Waals surface area contributed by atoms with Crippen LogP contribution in [0.5, 0.6) is 0 Å². The molecule has 0 saturated heterocycles.